The number of aromatic nitrogens is 1. The van der Waals surface area contributed by atoms with Gasteiger partial charge in [-0.2, -0.15) is 0 Å². The van der Waals surface area contributed by atoms with Gasteiger partial charge in [-0.15, -0.1) is 0 Å². The van der Waals surface area contributed by atoms with Gasteiger partial charge < -0.3 is 10.2 Å². The second-order valence-electron chi connectivity index (χ2n) is 3.75. The van der Waals surface area contributed by atoms with E-state index < -0.39 is 4.92 Å². The Hall–Kier alpha value is -2.18. The van der Waals surface area contributed by atoms with E-state index in [0.717, 1.165) is 0 Å². The van der Waals surface area contributed by atoms with Crippen molar-refractivity contribution in [3.63, 3.8) is 0 Å². The van der Waals surface area contributed by atoms with Gasteiger partial charge >= 0.3 is 0 Å². The minimum atomic E-state index is -0.476. The van der Waals surface area contributed by atoms with Crippen LogP contribution in [0.15, 0.2) is 12.3 Å². The van der Waals surface area contributed by atoms with Crippen molar-refractivity contribution in [3.05, 3.63) is 27.9 Å². The SMILES string of the molecule is Cc1cnc(NCC(=O)N(C)C)cc1[N+](=O)[O-]. The minimum Gasteiger partial charge on any atom is -0.361 e. The third-order valence-electron chi connectivity index (χ3n) is 2.19. The van der Waals surface area contributed by atoms with Crippen LogP contribution in [-0.4, -0.2) is 41.4 Å². The standard InChI is InChI=1S/C10H14N4O3/c1-7-5-11-9(4-8(7)14(16)17)12-6-10(15)13(2)3/h4-5H,6H2,1-3H3,(H,11,12). The molecule has 0 atom stereocenters. The van der Waals surface area contributed by atoms with Crippen LogP contribution < -0.4 is 5.32 Å². The van der Waals surface area contributed by atoms with Crippen LogP contribution in [0.2, 0.25) is 0 Å². The van der Waals surface area contributed by atoms with Gasteiger partial charge in [-0.25, -0.2) is 4.98 Å². The first kappa shape index (κ1) is 12.9. The summed E-state index contributed by atoms with van der Waals surface area (Å²) < 4.78 is 0. The summed E-state index contributed by atoms with van der Waals surface area (Å²) >= 11 is 0. The van der Waals surface area contributed by atoms with Crippen molar-refractivity contribution >= 4 is 17.4 Å². The van der Waals surface area contributed by atoms with Crippen LogP contribution in [0.1, 0.15) is 5.56 Å². The fraction of sp³-hybridized carbons (Fsp3) is 0.400. The lowest BCUT2D eigenvalue weighted by Crippen LogP contribution is -2.28. The summed E-state index contributed by atoms with van der Waals surface area (Å²) in [6.07, 6.45) is 1.40. The van der Waals surface area contributed by atoms with Crippen molar-refractivity contribution in [2.75, 3.05) is 26.0 Å². The molecule has 0 aliphatic carbocycles. The number of nitrogens with one attached hydrogen (secondary N) is 1. The summed E-state index contributed by atoms with van der Waals surface area (Å²) in [5.41, 5.74) is 0.472. The molecule has 7 heteroatoms. The highest BCUT2D eigenvalue weighted by Gasteiger charge is 2.12. The van der Waals surface area contributed by atoms with Gasteiger partial charge in [0.05, 0.1) is 17.5 Å². The molecule has 1 rings (SSSR count). The molecule has 1 heterocycles. The van der Waals surface area contributed by atoms with E-state index in [2.05, 4.69) is 10.3 Å². The molecule has 17 heavy (non-hydrogen) atoms. The Labute approximate surface area is 98.6 Å². The summed E-state index contributed by atoms with van der Waals surface area (Å²) in [4.78, 5) is 26.9. The highest BCUT2D eigenvalue weighted by Crippen LogP contribution is 2.19. The number of likely N-dealkylation sites (N-methyl/N-ethyl adjacent to an activating group) is 1. The van der Waals surface area contributed by atoms with E-state index in [0.29, 0.717) is 11.4 Å². The lowest BCUT2D eigenvalue weighted by atomic mass is 10.2. The maximum absolute atomic E-state index is 11.3. The maximum atomic E-state index is 11.3. The molecule has 0 aliphatic rings. The van der Waals surface area contributed by atoms with Crippen molar-refractivity contribution in [1.82, 2.24) is 9.88 Å². The van der Waals surface area contributed by atoms with E-state index in [1.54, 1.807) is 21.0 Å². The first-order valence-corrected chi connectivity index (χ1v) is 4.97. The summed E-state index contributed by atoms with van der Waals surface area (Å²) in [6.45, 7) is 1.67. The highest BCUT2D eigenvalue weighted by atomic mass is 16.6. The summed E-state index contributed by atoms with van der Waals surface area (Å²) in [6, 6.07) is 1.32. The van der Waals surface area contributed by atoms with E-state index in [1.165, 1.54) is 17.2 Å². The number of aryl methyl sites for hydroxylation is 1. The van der Waals surface area contributed by atoms with Crippen molar-refractivity contribution in [3.8, 4) is 0 Å². The predicted molar refractivity (Wildman–Crippen MR) is 62.8 cm³/mol. The maximum Gasteiger partial charge on any atom is 0.277 e. The van der Waals surface area contributed by atoms with Crippen LogP contribution in [0.4, 0.5) is 11.5 Å². The average Bonchev–Trinajstić information content (AvgIpc) is 2.26. The molecule has 0 fully saturated rings. The number of anilines is 1. The second-order valence-corrected chi connectivity index (χ2v) is 3.75. The van der Waals surface area contributed by atoms with Crippen molar-refractivity contribution < 1.29 is 9.72 Å². The topological polar surface area (TPSA) is 88.4 Å². The molecule has 1 amide bonds. The molecule has 0 radical (unpaired) electrons. The van der Waals surface area contributed by atoms with Crippen LogP contribution >= 0.6 is 0 Å². The number of amides is 1. The van der Waals surface area contributed by atoms with Gasteiger partial charge in [0.2, 0.25) is 5.91 Å². The Morgan fingerprint density at radius 3 is 2.76 bits per heavy atom. The van der Waals surface area contributed by atoms with Crippen LogP contribution in [0, 0.1) is 17.0 Å². The molecule has 1 aromatic heterocycles. The molecule has 1 N–H and O–H groups in total. The Morgan fingerprint density at radius 2 is 2.24 bits per heavy atom. The van der Waals surface area contributed by atoms with Gasteiger partial charge in [0.15, 0.2) is 0 Å². The minimum absolute atomic E-state index is 0.0141. The largest absolute Gasteiger partial charge is 0.361 e. The summed E-state index contributed by atoms with van der Waals surface area (Å²) in [5.74, 6) is 0.188. The third-order valence-corrected chi connectivity index (χ3v) is 2.19. The van der Waals surface area contributed by atoms with E-state index in [1.807, 2.05) is 0 Å². The predicted octanol–water partition coefficient (Wildman–Crippen LogP) is 0.798. The lowest BCUT2D eigenvalue weighted by molar-refractivity contribution is -0.385. The molecule has 1 aromatic rings. The molecule has 0 unspecified atom stereocenters. The number of nitro groups is 1. The summed E-state index contributed by atoms with van der Waals surface area (Å²) in [7, 11) is 3.27. The normalized spacial score (nSPS) is 9.82. The van der Waals surface area contributed by atoms with Gasteiger partial charge in [-0.05, 0) is 6.92 Å². The zero-order valence-corrected chi connectivity index (χ0v) is 9.93. The van der Waals surface area contributed by atoms with Crippen LogP contribution in [0.25, 0.3) is 0 Å². The number of nitrogens with zero attached hydrogens (tertiary/aromatic N) is 3. The van der Waals surface area contributed by atoms with Gasteiger partial charge in [-0.3, -0.25) is 14.9 Å². The van der Waals surface area contributed by atoms with Crippen LogP contribution in [-0.2, 0) is 4.79 Å². The zero-order valence-electron chi connectivity index (χ0n) is 9.93. The number of carbonyl (C=O) groups excluding carboxylic acids is 1. The van der Waals surface area contributed by atoms with Gasteiger partial charge in [0.25, 0.3) is 5.69 Å². The van der Waals surface area contributed by atoms with E-state index in [-0.39, 0.29) is 18.1 Å². The Morgan fingerprint density at radius 1 is 1.59 bits per heavy atom. The molecule has 0 bridgehead atoms. The highest BCUT2D eigenvalue weighted by molar-refractivity contribution is 5.80. The molecular weight excluding hydrogens is 224 g/mol. The van der Waals surface area contributed by atoms with Crippen LogP contribution in [0.3, 0.4) is 0 Å². The first-order chi connectivity index (χ1) is 7.91. The molecular formula is C10H14N4O3. The van der Waals surface area contributed by atoms with Gasteiger partial charge in [-0.1, -0.05) is 0 Å². The van der Waals surface area contributed by atoms with E-state index >= 15 is 0 Å². The Bertz CT molecular complexity index is 445. The fourth-order valence-corrected chi connectivity index (χ4v) is 1.13. The molecule has 0 saturated heterocycles. The Balaban J connectivity index is 2.76. The van der Waals surface area contributed by atoms with E-state index in [4.69, 9.17) is 0 Å². The molecule has 0 spiro atoms. The van der Waals surface area contributed by atoms with E-state index in [9.17, 15) is 14.9 Å². The third kappa shape index (κ3) is 3.40. The summed E-state index contributed by atoms with van der Waals surface area (Å²) in [5, 5.41) is 13.4. The zero-order chi connectivity index (χ0) is 13.0. The smallest absolute Gasteiger partial charge is 0.277 e. The van der Waals surface area contributed by atoms with Crippen molar-refractivity contribution in [2.24, 2.45) is 0 Å². The molecule has 7 nitrogen and oxygen atoms in total. The monoisotopic (exact) mass is 238 g/mol. The first-order valence-electron chi connectivity index (χ1n) is 4.97. The molecule has 0 aliphatic heterocycles. The van der Waals surface area contributed by atoms with Crippen LogP contribution in [0.5, 0.6) is 0 Å². The molecule has 0 aromatic carbocycles. The lowest BCUT2D eigenvalue weighted by Gasteiger charge is -2.11. The number of carbonyl (C=O) groups is 1. The Kier molecular flexibility index (Phi) is 3.97. The average molecular weight is 238 g/mol. The van der Waals surface area contributed by atoms with Gasteiger partial charge in [0, 0.05) is 25.9 Å². The second kappa shape index (κ2) is 5.24. The van der Waals surface area contributed by atoms with Crippen molar-refractivity contribution in [2.45, 2.75) is 6.92 Å². The van der Waals surface area contributed by atoms with Crippen molar-refractivity contribution in [1.29, 1.82) is 0 Å². The number of hydrogen-bond donors (Lipinski definition) is 1. The fourth-order valence-electron chi connectivity index (χ4n) is 1.13. The molecule has 0 saturated carbocycles. The number of hydrogen-bond acceptors (Lipinski definition) is 5. The number of rotatable bonds is 4. The molecule has 92 valence electrons. The quantitative estimate of drug-likeness (QED) is 0.619. The number of pyridine rings is 1. The van der Waals surface area contributed by atoms with Gasteiger partial charge in [0.1, 0.15) is 5.82 Å².